The number of aromatic carboxylic acids is 1. The Balaban J connectivity index is 2.34. The summed E-state index contributed by atoms with van der Waals surface area (Å²) in [5, 5.41) is 9.70. The van der Waals surface area contributed by atoms with Gasteiger partial charge in [0, 0.05) is 23.5 Å². The van der Waals surface area contributed by atoms with Gasteiger partial charge in [-0.1, -0.05) is 6.07 Å². The molecule has 0 fully saturated rings. The molecule has 0 unspecified atom stereocenters. The highest BCUT2D eigenvalue weighted by atomic mass is 16.5. The van der Waals surface area contributed by atoms with Crippen molar-refractivity contribution in [2.45, 2.75) is 20.8 Å². The first-order valence-corrected chi connectivity index (χ1v) is 7.60. The monoisotopic (exact) mass is 309 g/mol. The molecule has 1 aromatic carbocycles. The molecule has 1 N–H and O–H groups in total. The molecule has 0 aliphatic rings. The van der Waals surface area contributed by atoms with Gasteiger partial charge in [-0.25, -0.2) is 4.79 Å². The number of aryl methyl sites for hydroxylation is 2. The van der Waals surface area contributed by atoms with Crippen molar-refractivity contribution in [1.82, 2.24) is 4.40 Å². The predicted octanol–water partition coefficient (Wildman–Crippen LogP) is 4.32. The van der Waals surface area contributed by atoms with Crippen molar-refractivity contribution in [3.05, 3.63) is 59.4 Å². The lowest BCUT2D eigenvalue weighted by Gasteiger charge is -2.13. The highest BCUT2D eigenvalue weighted by molar-refractivity contribution is 6.04. The summed E-state index contributed by atoms with van der Waals surface area (Å²) in [6.07, 6.45) is 3.71. The zero-order chi connectivity index (χ0) is 16.6. The minimum atomic E-state index is -0.936. The van der Waals surface area contributed by atoms with Gasteiger partial charge < -0.3 is 14.2 Å². The molecule has 0 bridgehead atoms. The fraction of sp³-hybridized carbons (Fsp3) is 0.211. The lowest BCUT2D eigenvalue weighted by atomic mass is 9.98. The van der Waals surface area contributed by atoms with Gasteiger partial charge in [-0.2, -0.15) is 0 Å². The van der Waals surface area contributed by atoms with E-state index < -0.39 is 5.97 Å². The van der Waals surface area contributed by atoms with E-state index in [-0.39, 0.29) is 0 Å². The number of nitrogens with zero attached hydrogens (tertiary/aromatic N) is 1. The molecule has 4 nitrogen and oxygen atoms in total. The molecule has 2 heterocycles. The number of hydrogen-bond donors (Lipinski definition) is 1. The van der Waals surface area contributed by atoms with Gasteiger partial charge in [0.1, 0.15) is 5.75 Å². The Hall–Kier alpha value is -2.75. The normalized spacial score (nSPS) is 10.9. The van der Waals surface area contributed by atoms with Gasteiger partial charge in [0.05, 0.1) is 17.7 Å². The summed E-state index contributed by atoms with van der Waals surface area (Å²) in [6.45, 7) is 6.50. The maximum Gasteiger partial charge on any atom is 0.338 e. The summed E-state index contributed by atoms with van der Waals surface area (Å²) in [5.41, 5.74) is 4.70. The highest BCUT2D eigenvalue weighted by Gasteiger charge is 2.21. The largest absolute Gasteiger partial charge is 0.493 e. The van der Waals surface area contributed by atoms with Crippen LogP contribution in [0.3, 0.4) is 0 Å². The van der Waals surface area contributed by atoms with Crippen molar-refractivity contribution >= 4 is 11.5 Å². The molecular weight excluding hydrogens is 290 g/mol. The Morgan fingerprint density at radius 1 is 1.17 bits per heavy atom. The number of carboxylic acids is 1. The second kappa shape index (κ2) is 5.80. The summed E-state index contributed by atoms with van der Waals surface area (Å²) in [6, 6.07) is 9.51. The molecule has 0 atom stereocenters. The van der Waals surface area contributed by atoms with Crippen molar-refractivity contribution < 1.29 is 14.6 Å². The van der Waals surface area contributed by atoms with Crippen LogP contribution in [0.4, 0.5) is 0 Å². The van der Waals surface area contributed by atoms with Crippen LogP contribution in [0, 0.1) is 13.8 Å². The third-order valence-corrected chi connectivity index (χ3v) is 4.08. The van der Waals surface area contributed by atoms with E-state index in [9.17, 15) is 9.90 Å². The summed E-state index contributed by atoms with van der Waals surface area (Å²) >= 11 is 0. The maximum atomic E-state index is 11.8. The summed E-state index contributed by atoms with van der Waals surface area (Å²) in [5.74, 6) is -0.219. The summed E-state index contributed by atoms with van der Waals surface area (Å²) < 4.78 is 7.59. The first-order chi connectivity index (χ1) is 11.0. The van der Waals surface area contributed by atoms with E-state index in [1.54, 1.807) is 0 Å². The fourth-order valence-corrected chi connectivity index (χ4v) is 2.83. The molecule has 0 radical (unpaired) electrons. The Bertz CT molecular complexity index is 893. The lowest BCUT2D eigenvalue weighted by molar-refractivity contribution is 0.0700. The minimum absolute atomic E-state index is 0.301. The van der Waals surface area contributed by atoms with Crippen LogP contribution in [0.15, 0.2) is 42.7 Å². The second-order valence-electron chi connectivity index (χ2n) is 5.58. The number of carbonyl (C=O) groups is 1. The van der Waals surface area contributed by atoms with Crippen LogP contribution in [-0.4, -0.2) is 22.1 Å². The molecule has 3 rings (SSSR count). The number of pyridine rings is 1. The molecule has 0 saturated carbocycles. The van der Waals surface area contributed by atoms with Gasteiger partial charge in [-0.3, -0.25) is 0 Å². The van der Waals surface area contributed by atoms with Crippen LogP contribution in [0.2, 0.25) is 0 Å². The Kier molecular flexibility index (Phi) is 3.82. The van der Waals surface area contributed by atoms with Crippen LogP contribution >= 0.6 is 0 Å². The van der Waals surface area contributed by atoms with Crippen molar-refractivity contribution in [1.29, 1.82) is 0 Å². The fourth-order valence-electron chi connectivity index (χ4n) is 2.83. The van der Waals surface area contributed by atoms with E-state index in [0.29, 0.717) is 29.0 Å². The molecular formula is C19H19NO3. The number of fused-ring (bicyclic) bond motifs is 1. The zero-order valence-corrected chi connectivity index (χ0v) is 13.5. The van der Waals surface area contributed by atoms with E-state index >= 15 is 0 Å². The van der Waals surface area contributed by atoms with E-state index in [1.807, 2.05) is 67.9 Å². The van der Waals surface area contributed by atoms with Gasteiger partial charge in [-0.15, -0.1) is 0 Å². The molecule has 2 aromatic heterocycles. The van der Waals surface area contributed by atoms with Crippen molar-refractivity contribution in [2.24, 2.45) is 0 Å². The van der Waals surface area contributed by atoms with Gasteiger partial charge >= 0.3 is 5.97 Å². The predicted molar refractivity (Wildman–Crippen MR) is 90.4 cm³/mol. The molecule has 0 saturated heterocycles. The lowest BCUT2D eigenvalue weighted by Crippen LogP contribution is -2.00. The molecule has 0 spiro atoms. The standard InChI is InChI=1S/C19H19NO3/c1-4-23-17-10-13(3)12(2)9-14(17)15-11-20-8-6-5-7-16(20)18(15)19(21)22/h5-11H,4H2,1-3H3,(H,21,22). The van der Waals surface area contributed by atoms with Gasteiger partial charge in [-0.05, 0) is 56.2 Å². The average molecular weight is 309 g/mol. The van der Waals surface area contributed by atoms with Gasteiger partial charge in [0.2, 0.25) is 0 Å². The quantitative estimate of drug-likeness (QED) is 0.781. The summed E-state index contributed by atoms with van der Waals surface area (Å²) in [7, 11) is 0. The first kappa shape index (κ1) is 15.2. The number of carboxylic acid groups (broad SMARTS) is 1. The van der Waals surface area contributed by atoms with Crippen molar-refractivity contribution in [2.75, 3.05) is 6.61 Å². The number of hydrogen-bond acceptors (Lipinski definition) is 2. The molecule has 23 heavy (non-hydrogen) atoms. The van der Waals surface area contributed by atoms with E-state index in [4.69, 9.17) is 4.74 Å². The smallest absolute Gasteiger partial charge is 0.338 e. The SMILES string of the molecule is CCOc1cc(C)c(C)cc1-c1cn2ccccc2c1C(=O)O. The third-order valence-electron chi connectivity index (χ3n) is 4.08. The molecule has 4 heteroatoms. The second-order valence-corrected chi connectivity index (χ2v) is 5.58. The van der Waals surface area contributed by atoms with Crippen LogP contribution < -0.4 is 4.74 Å². The Morgan fingerprint density at radius 3 is 2.61 bits per heavy atom. The summed E-state index contributed by atoms with van der Waals surface area (Å²) in [4.78, 5) is 11.8. The van der Waals surface area contributed by atoms with Gasteiger partial charge in [0.25, 0.3) is 0 Å². The number of aromatic nitrogens is 1. The first-order valence-electron chi connectivity index (χ1n) is 7.60. The average Bonchev–Trinajstić information content (AvgIpc) is 2.90. The molecule has 118 valence electrons. The topological polar surface area (TPSA) is 50.9 Å². The van der Waals surface area contributed by atoms with Crippen LogP contribution in [0.5, 0.6) is 5.75 Å². The van der Waals surface area contributed by atoms with Crippen molar-refractivity contribution in [3.8, 4) is 16.9 Å². The van der Waals surface area contributed by atoms with Crippen LogP contribution in [0.25, 0.3) is 16.6 Å². The number of ether oxygens (including phenoxy) is 1. The molecule has 3 aromatic rings. The van der Waals surface area contributed by atoms with E-state index in [1.165, 1.54) is 0 Å². The van der Waals surface area contributed by atoms with Crippen molar-refractivity contribution in [3.63, 3.8) is 0 Å². The maximum absolute atomic E-state index is 11.8. The zero-order valence-electron chi connectivity index (χ0n) is 13.5. The number of rotatable bonds is 4. The third kappa shape index (κ3) is 2.57. The molecule has 0 amide bonds. The minimum Gasteiger partial charge on any atom is -0.493 e. The Morgan fingerprint density at radius 2 is 1.91 bits per heavy atom. The van der Waals surface area contributed by atoms with E-state index in [2.05, 4.69) is 0 Å². The number of benzene rings is 1. The van der Waals surface area contributed by atoms with Gasteiger partial charge in [0.15, 0.2) is 0 Å². The van der Waals surface area contributed by atoms with Crippen LogP contribution in [-0.2, 0) is 0 Å². The highest BCUT2D eigenvalue weighted by Crippen LogP contribution is 2.37. The van der Waals surface area contributed by atoms with E-state index in [0.717, 1.165) is 16.7 Å². The Labute approximate surface area is 135 Å². The molecule has 0 aliphatic carbocycles. The van der Waals surface area contributed by atoms with Crippen LogP contribution in [0.1, 0.15) is 28.4 Å². The molecule has 0 aliphatic heterocycles.